The van der Waals surface area contributed by atoms with Gasteiger partial charge in [-0.15, -0.1) is 16.8 Å². The zero-order chi connectivity index (χ0) is 19.3. The molecule has 1 aromatic carbocycles. The van der Waals surface area contributed by atoms with Gasteiger partial charge in [0.05, 0.1) is 5.75 Å². The first kappa shape index (κ1) is 18.9. The SMILES string of the molecule is C=CCn1c(SCC(=O)NC2CCCC2)nnc1[C@@H]1COc2ccccc2O1. The lowest BCUT2D eigenvalue weighted by Crippen LogP contribution is -2.33. The van der Waals surface area contributed by atoms with Crippen LogP contribution in [0.1, 0.15) is 37.6 Å². The van der Waals surface area contributed by atoms with Gasteiger partial charge in [-0.1, -0.05) is 42.8 Å². The Morgan fingerprint density at radius 3 is 2.86 bits per heavy atom. The summed E-state index contributed by atoms with van der Waals surface area (Å²) < 4.78 is 13.8. The quantitative estimate of drug-likeness (QED) is 0.568. The molecule has 1 fully saturated rings. The number of allylic oxidation sites excluding steroid dienone is 1. The molecule has 0 saturated heterocycles. The van der Waals surface area contributed by atoms with Crippen LogP contribution in [0.4, 0.5) is 0 Å². The maximum Gasteiger partial charge on any atom is 0.230 e. The van der Waals surface area contributed by atoms with Gasteiger partial charge in [-0.2, -0.15) is 0 Å². The van der Waals surface area contributed by atoms with Crippen LogP contribution in [0.3, 0.4) is 0 Å². The van der Waals surface area contributed by atoms with Gasteiger partial charge in [-0.3, -0.25) is 9.36 Å². The highest BCUT2D eigenvalue weighted by atomic mass is 32.2. The van der Waals surface area contributed by atoms with Crippen LogP contribution < -0.4 is 14.8 Å². The Morgan fingerprint density at radius 2 is 2.07 bits per heavy atom. The van der Waals surface area contributed by atoms with Gasteiger partial charge in [0.25, 0.3) is 0 Å². The van der Waals surface area contributed by atoms with Crippen molar-refractivity contribution < 1.29 is 14.3 Å². The minimum atomic E-state index is -0.357. The molecule has 7 nitrogen and oxygen atoms in total. The number of thioether (sulfide) groups is 1. The summed E-state index contributed by atoms with van der Waals surface area (Å²) in [6, 6.07) is 7.89. The van der Waals surface area contributed by atoms with Crippen LogP contribution in [0.25, 0.3) is 0 Å². The molecule has 1 atom stereocenters. The largest absolute Gasteiger partial charge is 0.485 e. The zero-order valence-electron chi connectivity index (χ0n) is 15.7. The number of carbonyl (C=O) groups excluding carboxylic acids is 1. The molecule has 8 heteroatoms. The molecule has 2 aliphatic rings. The minimum absolute atomic E-state index is 0.0396. The van der Waals surface area contributed by atoms with Crippen molar-refractivity contribution in [2.24, 2.45) is 0 Å². The number of rotatable bonds is 7. The van der Waals surface area contributed by atoms with E-state index in [1.54, 1.807) is 6.08 Å². The summed E-state index contributed by atoms with van der Waals surface area (Å²) in [4.78, 5) is 12.2. The van der Waals surface area contributed by atoms with Crippen LogP contribution in [-0.4, -0.2) is 39.1 Å². The second-order valence-electron chi connectivity index (χ2n) is 6.94. The normalized spacial score (nSPS) is 18.8. The maximum absolute atomic E-state index is 12.2. The number of para-hydroxylation sites is 2. The molecule has 0 unspecified atom stereocenters. The molecule has 1 saturated carbocycles. The van der Waals surface area contributed by atoms with Crippen LogP contribution in [0.5, 0.6) is 11.5 Å². The molecule has 1 aromatic heterocycles. The van der Waals surface area contributed by atoms with Crippen LogP contribution in [-0.2, 0) is 11.3 Å². The van der Waals surface area contributed by atoms with Crippen molar-refractivity contribution in [3.63, 3.8) is 0 Å². The lowest BCUT2D eigenvalue weighted by Gasteiger charge is -2.26. The van der Waals surface area contributed by atoms with E-state index in [0.29, 0.717) is 41.7 Å². The van der Waals surface area contributed by atoms with E-state index in [1.165, 1.54) is 24.6 Å². The van der Waals surface area contributed by atoms with Gasteiger partial charge in [0.15, 0.2) is 28.6 Å². The van der Waals surface area contributed by atoms with Crippen LogP contribution >= 0.6 is 11.8 Å². The molecule has 1 N–H and O–H groups in total. The van der Waals surface area contributed by atoms with E-state index in [4.69, 9.17) is 9.47 Å². The first-order chi connectivity index (χ1) is 13.7. The number of nitrogens with one attached hydrogen (secondary N) is 1. The van der Waals surface area contributed by atoms with Crippen molar-refractivity contribution in [1.29, 1.82) is 0 Å². The van der Waals surface area contributed by atoms with Crippen LogP contribution in [0.15, 0.2) is 42.1 Å². The van der Waals surface area contributed by atoms with Crippen molar-refractivity contribution in [2.45, 2.75) is 49.5 Å². The van der Waals surface area contributed by atoms with Gasteiger partial charge in [0.2, 0.25) is 5.91 Å². The van der Waals surface area contributed by atoms with Crippen molar-refractivity contribution in [2.75, 3.05) is 12.4 Å². The topological polar surface area (TPSA) is 78.3 Å². The standard InChI is InChI=1S/C20H24N4O3S/c1-2-11-24-19(17-12-26-15-9-5-6-10-16(15)27-17)22-23-20(24)28-13-18(25)21-14-7-3-4-8-14/h2,5-6,9-10,14,17H,1,3-4,7-8,11-13H2,(H,21,25)/t17-/m0/s1. The highest BCUT2D eigenvalue weighted by molar-refractivity contribution is 7.99. The molecular weight excluding hydrogens is 376 g/mol. The lowest BCUT2D eigenvalue weighted by molar-refractivity contribution is -0.119. The number of amides is 1. The summed E-state index contributed by atoms with van der Waals surface area (Å²) in [6.45, 7) is 4.72. The zero-order valence-corrected chi connectivity index (χ0v) is 16.5. The van der Waals surface area contributed by atoms with E-state index in [0.717, 1.165) is 18.6 Å². The van der Waals surface area contributed by atoms with Crippen molar-refractivity contribution in [1.82, 2.24) is 20.1 Å². The predicted molar refractivity (Wildman–Crippen MR) is 107 cm³/mol. The van der Waals surface area contributed by atoms with Gasteiger partial charge in [0.1, 0.15) is 6.61 Å². The molecule has 1 aliphatic carbocycles. The van der Waals surface area contributed by atoms with Gasteiger partial charge in [0, 0.05) is 12.6 Å². The number of aromatic nitrogens is 3. The molecule has 1 aliphatic heterocycles. The highest BCUT2D eigenvalue weighted by Gasteiger charge is 2.28. The van der Waals surface area contributed by atoms with Crippen molar-refractivity contribution >= 4 is 17.7 Å². The molecule has 4 rings (SSSR count). The summed E-state index contributed by atoms with van der Waals surface area (Å²) in [5.41, 5.74) is 0. The number of hydrogen-bond acceptors (Lipinski definition) is 6. The Kier molecular flexibility index (Phi) is 5.85. The smallest absolute Gasteiger partial charge is 0.230 e. The molecule has 2 heterocycles. The molecule has 0 bridgehead atoms. The Hall–Kier alpha value is -2.48. The van der Waals surface area contributed by atoms with Gasteiger partial charge in [-0.25, -0.2) is 0 Å². The third-order valence-electron chi connectivity index (χ3n) is 4.91. The summed E-state index contributed by atoms with van der Waals surface area (Å²) in [7, 11) is 0. The van der Waals surface area contributed by atoms with E-state index in [1.807, 2.05) is 28.8 Å². The first-order valence-electron chi connectivity index (χ1n) is 9.59. The Morgan fingerprint density at radius 1 is 1.29 bits per heavy atom. The average molecular weight is 401 g/mol. The van der Waals surface area contributed by atoms with Gasteiger partial charge >= 0.3 is 0 Å². The lowest BCUT2D eigenvalue weighted by atomic mass is 10.2. The third kappa shape index (κ3) is 4.16. The first-order valence-corrected chi connectivity index (χ1v) is 10.6. The number of fused-ring (bicyclic) bond motifs is 1. The minimum Gasteiger partial charge on any atom is -0.485 e. The van der Waals surface area contributed by atoms with E-state index >= 15 is 0 Å². The molecule has 1 amide bonds. The average Bonchev–Trinajstić information content (AvgIpc) is 3.36. The van der Waals surface area contributed by atoms with Crippen molar-refractivity contribution in [3.8, 4) is 11.5 Å². The number of nitrogens with zero attached hydrogens (tertiary/aromatic N) is 3. The maximum atomic E-state index is 12.2. The van der Waals surface area contributed by atoms with E-state index < -0.39 is 0 Å². The molecule has 2 aromatic rings. The Labute approximate surface area is 168 Å². The second kappa shape index (κ2) is 8.68. The summed E-state index contributed by atoms with van der Waals surface area (Å²) in [5.74, 6) is 2.45. The number of carbonyl (C=O) groups is 1. The van der Waals surface area contributed by atoms with Crippen LogP contribution in [0, 0.1) is 0 Å². The predicted octanol–water partition coefficient (Wildman–Crippen LogP) is 3.13. The molecule has 148 valence electrons. The molecule has 0 spiro atoms. The fourth-order valence-corrected chi connectivity index (χ4v) is 4.33. The van der Waals surface area contributed by atoms with Gasteiger partial charge < -0.3 is 14.8 Å². The second-order valence-corrected chi connectivity index (χ2v) is 7.88. The van der Waals surface area contributed by atoms with Gasteiger partial charge in [-0.05, 0) is 25.0 Å². The molecule has 0 radical (unpaired) electrons. The number of hydrogen-bond donors (Lipinski definition) is 1. The third-order valence-corrected chi connectivity index (χ3v) is 5.87. The van der Waals surface area contributed by atoms with Crippen molar-refractivity contribution in [3.05, 3.63) is 42.7 Å². The number of benzene rings is 1. The fraction of sp³-hybridized carbons (Fsp3) is 0.450. The monoisotopic (exact) mass is 400 g/mol. The number of ether oxygens (including phenoxy) is 2. The molecule has 28 heavy (non-hydrogen) atoms. The van der Waals surface area contributed by atoms with E-state index in [9.17, 15) is 4.79 Å². The fourth-order valence-electron chi connectivity index (χ4n) is 3.56. The Balaban J connectivity index is 1.44. The summed E-state index contributed by atoms with van der Waals surface area (Å²) >= 11 is 1.38. The van der Waals surface area contributed by atoms with Crippen LogP contribution in [0.2, 0.25) is 0 Å². The molecular formula is C20H24N4O3S. The summed E-state index contributed by atoms with van der Waals surface area (Å²) in [6.07, 6.45) is 5.97. The van der Waals surface area contributed by atoms with E-state index in [2.05, 4.69) is 22.1 Å². The Bertz CT molecular complexity index is 848. The van der Waals surface area contributed by atoms with E-state index in [-0.39, 0.29) is 12.0 Å². The summed E-state index contributed by atoms with van der Waals surface area (Å²) in [5, 5.41) is 12.4. The highest BCUT2D eigenvalue weighted by Crippen LogP contribution is 2.36.